The standard InChI is InChI=1S/C19H24F3NO3/c1-18(2,3)26-17(25)23-10-4-5-14(11-23)16(12-24)13-6-8-15(9-7-13)19(20,21)22/h6-9,12,14,16H,4-5,10-11H2,1-3H3. The molecule has 0 radical (unpaired) electrons. The predicted molar refractivity (Wildman–Crippen MR) is 90.8 cm³/mol. The highest BCUT2D eigenvalue weighted by atomic mass is 19.4. The van der Waals surface area contributed by atoms with Crippen molar-refractivity contribution in [3.8, 4) is 0 Å². The molecule has 1 aromatic carbocycles. The van der Waals surface area contributed by atoms with Gasteiger partial charge in [-0.25, -0.2) is 4.79 Å². The molecule has 2 unspecified atom stereocenters. The van der Waals surface area contributed by atoms with Crippen LogP contribution in [0.3, 0.4) is 0 Å². The van der Waals surface area contributed by atoms with E-state index in [1.54, 1.807) is 25.7 Å². The van der Waals surface area contributed by atoms with Crippen LogP contribution in [-0.2, 0) is 15.7 Å². The average Bonchev–Trinajstić information content (AvgIpc) is 2.54. The van der Waals surface area contributed by atoms with E-state index in [1.807, 2.05) is 0 Å². The van der Waals surface area contributed by atoms with E-state index in [0.717, 1.165) is 31.3 Å². The van der Waals surface area contributed by atoms with E-state index in [0.29, 0.717) is 18.7 Å². The van der Waals surface area contributed by atoms with Crippen molar-refractivity contribution in [3.05, 3.63) is 35.4 Å². The van der Waals surface area contributed by atoms with Crippen molar-refractivity contribution in [3.63, 3.8) is 0 Å². The van der Waals surface area contributed by atoms with Gasteiger partial charge in [0.2, 0.25) is 0 Å². The third-order valence-electron chi connectivity index (χ3n) is 4.39. The van der Waals surface area contributed by atoms with Gasteiger partial charge in [-0.05, 0) is 57.2 Å². The minimum absolute atomic E-state index is 0.148. The first-order valence-corrected chi connectivity index (χ1v) is 8.61. The summed E-state index contributed by atoms with van der Waals surface area (Å²) in [5.41, 5.74) is -0.824. The van der Waals surface area contributed by atoms with Gasteiger partial charge in [-0.2, -0.15) is 13.2 Å². The number of halogens is 3. The van der Waals surface area contributed by atoms with E-state index in [4.69, 9.17) is 4.74 Å². The number of hydrogen-bond donors (Lipinski definition) is 0. The molecule has 1 amide bonds. The maximum absolute atomic E-state index is 12.7. The molecule has 7 heteroatoms. The number of hydrogen-bond acceptors (Lipinski definition) is 3. The number of aldehydes is 1. The molecule has 0 aromatic heterocycles. The highest BCUT2D eigenvalue weighted by Gasteiger charge is 2.34. The number of piperidine rings is 1. The molecule has 2 atom stereocenters. The molecule has 26 heavy (non-hydrogen) atoms. The summed E-state index contributed by atoms with van der Waals surface area (Å²) in [7, 11) is 0. The van der Waals surface area contributed by atoms with Gasteiger partial charge in [0.15, 0.2) is 0 Å². The molecule has 1 saturated heterocycles. The van der Waals surface area contributed by atoms with Gasteiger partial charge in [-0.1, -0.05) is 12.1 Å². The molecule has 0 bridgehead atoms. The van der Waals surface area contributed by atoms with E-state index in [1.165, 1.54) is 12.1 Å². The van der Waals surface area contributed by atoms with Gasteiger partial charge in [0.1, 0.15) is 11.9 Å². The summed E-state index contributed by atoms with van der Waals surface area (Å²) in [5.74, 6) is -0.701. The molecule has 0 spiro atoms. The van der Waals surface area contributed by atoms with Crippen LogP contribution in [0.25, 0.3) is 0 Å². The van der Waals surface area contributed by atoms with Crippen molar-refractivity contribution in [1.82, 2.24) is 4.90 Å². The van der Waals surface area contributed by atoms with Crippen molar-refractivity contribution >= 4 is 12.4 Å². The number of amides is 1. The van der Waals surface area contributed by atoms with Crippen molar-refractivity contribution in [2.45, 2.75) is 51.3 Å². The topological polar surface area (TPSA) is 46.6 Å². The first-order valence-electron chi connectivity index (χ1n) is 8.61. The molecule has 1 heterocycles. The summed E-state index contributed by atoms with van der Waals surface area (Å²) < 4.78 is 43.5. The summed E-state index contributed by atoms with van der Waals surface area (Å²) >= 11 is 0. The van der Waals surface area contributed by atoms with E-state index >= 15 is 0 Å². The second-order valence-corrected chi connectivity index (χ2v) is 7.61. The molecule has 1 aliphatic rings. The molecule has 1 aromatic rings. The zero-order chi connectivity index (χ0) is 19.5. The minimum atomic E-state index is -4.41. The normalized spacial score (nSPS) is 19.8. The Morgan fingerprint density at radius 3 is 2.35 bits per heavy atom. The zero-order valence-electron chi connectivity index (χ0n) is 15.2. The van der Waals surface area contributed by atoms with Crippen molar-refractivity contribution in [2.24, 2.45) is 5.92 Å². The largest absolute Gasteiger partial charge is 0.444 e. The van der Waals surface area contributed by atoms with Crippen LogP contribution < -0.4 is 0 Å². The molecule has 1 fully saturated rings. The number of benzene rings is 1. The maximum atomic E-state index is 12.7. The third-order valence-corrected chi connectivity index (χ3v) is 4.39. The summed E-state index contributed by atoms with van der Waals surface area (Å²) in [4.78, 5) is 25.5. The van der Waals surface area contributed by atoms with Crippen molar-refractivity contribution in [1.29, 1.82) is 0 Å². The van der Waals surface area contributed by atoms with Crippen LogP contribution in [-0.4, -0.2) is 36.0 Å². The Bertz CT molecular complexity index is 635. The fraction of sp³-hybridized carbons (Fsp3) is 0.579. The summed E-state index contributed by atoms with van der Waals surface area (Å²) in [6.07, 6.45) is -2.64. The fourth-order valence-electron chi connectivity index (χ4n) is 3.15. The third kappa shape index (κ3) is 5.22. The summed E-state index contributed by atoms with van der Waals surface area (Å²) in [6, 6.07) is 4.66. The predicted octanol–water partition coefficient (Wildman–Crippen LogP) is 4.64. The molecule has 144 valence electrons. The molecule has 0 N–H and O–H groups in total. The van der Waals surface area contributed by atoms with Crippen LogP contribution in [0.15, 0.2) is 24.3 Å². The van der Waals surface area contributed by atoms with Crippen LogP contribution in [0.4, 0.5) is 18.0 Å². The van der Waals surface area contributed by atoms with Gasteiger partial charge < -0.3 is 14.4 Å². The Balaban J connectivity index is 2.12. The van der Waals surface area contributed by atoms with Crippen LogP contribution >= 0.6 is 0 Å². The quantitative estimate of drug-likeness (QED) is 0.728. The van der Waals surface area contributed by atoms with Crippen molar-refractivity contribution in [2.75, 3.05) is 13.1 Å². The first kappa shape index (κ1) is 20.3. The van der Waals surface area contributed by atoms with E-state index in [-0.39, 0.29) is 5.92 Å². The van der Waals surface area contributed by atoms with E-state index in [9.17, 15) is 22.8 Å². The molecule has 0 saturated carbocycles. The molecule has 4 nitrogen and oxygen atoms in total. The van der Waals surface area contributed by atoms with Gasteiger partial charge in [-0.3, -0.25) is 0 Å². The SMILES string of the molecule is CC(C)(C)OC(=O)N1CCCC(C(C=O)c2ccc(C(F)(F)F)cc2)C1. The lowest BCUT2D eigenvalue weighted by Crippen LogP contribution is -2.44. The van der Waals surface area contributed by atoms with Gasteiger partial charge in [0, 0.05) is 19.0 Å². The Morgan fingerprint density at radius 1 is 1.23 bits per heavy atom. The zero-order valence-corrected chi connectivity index (χ0v) is 15.2. The number of likely N-dealkylation sites (tertiary alicyclic amines) is 1. The van der Waals surface area contributed by atoms with Crippen LogP contribution in [0.2, 0.25) is 0 Å². The Morgan fingerprint density at radius 2 is 1.85 bits per heavy atom. The lowest BCUT2D eigenvalue weighted by molar-refractivity contribution is -0.137. The Kier molecular flexibility index (Phi) is 5.98. The van der Waals surface area contributed by atoms with Crippen LogP contribution in [0, 0.1) is 5.92 Å². The van der Waals surface area contributed by atoms with Crippen LogP contribution in [0.1, 0.15) is 50.7 Å². The number of alkyl halides is 3. The smallest absolute Gasteiger partial charge is 0.416 e. The second-order valence-electron chi connectivity index (χ2n) is 7.61. The number of ether oxygens (including phenoxy) is 1. The monoisotopic (exact) mass is 371 g/mol. The molecule has 2 rings (SSSR count). The van der Waals surface area contributed by atoms with E-state index < -0.39 is 29.4 Å². The molecule has 1 aliphatic heterocycles. The maximum Gasteiger partial charge on any atom is 0.416 e. The molecular weight excluding hydrogens is 347 g/mol. The Hall–Kier alpha value is -2.05. The first-order chi connectivity index (χ1) is 12.0. The number of rotatable bonds is 3. The molecular formula is C19H24F3NO3. The lowest BCUT2D eigenvalue weighted by Gasteiger charge is -2.36. The second kappa shape index (κ2) is 7.68. The van der Waals surface area contributed by atoms with Gasteiger partial charge in [-0.15, -0.1) is 0 Å². The average molecular weight is 371 g/mol. The van der Waals surface area contributed by atoms with E-state index in [2.05, 4.69) is 0 Å². The summed E-state index contributed by atoms with van der Waals surface area (Å²) in [6.45, 7) is 6.23. The van der Waals surface area contributed by atoms with Gasteiger partial charge in [0.05, 0.1) is 5.56 Å². The van der Waals surface area contributed by atoms with Crippen LogP contribution in [0.5, 0.6) is 0 Å². The highest BCUT2D eigenvalue weighted by molar-refractivity contribution is 5.69. The highest BCUT2D eigenvalue weighted by Crippen LogP contribution is 2.34. The number of carbonyl (C=O) groups excluding carboxylic acids is 2. The van der Waals surface area contributed by atoms with Gasteiger partial charge >= 0.3 is 12.3 Å². The lowest BCUT2D eigenvalue weighted by atomic mass is 9.82. The number of nitrogens with zero attached hydrogens (tertiary/aromatic N) is 1. The summed E-state index contributed by atoms with van der Waals surface area (Å²) in [5, 5.41) is 0. The fourth-order valence-corrected chi connectivity index (χ4v) is 3.15. The molecule has 0 aliphatic carbocycles. The Labute approximate surface area is 151 Å². The van der Waals surface area contributed by atoms with Gasteiger partial charge in [0.25, 0.3) is 0 Å². The van der Waals surface area contributed by atoms with Crippen molar-refractivity contribution < 1.29 is 27.5 Å². The number of carbonyl (C=O) groups is 2. The minimum Gasteiger partial charge on any atom is -0.444 e.